The van der Waals surface area contributed by atoms with Gasteiger partial charge in [0.1, 0.15) is 5.75 Å². The lowest BCUT2D eigenvalue weighted by Gasteiger charge is -2.19. The first-order valence-corrected chi connectivity index (χ1v) is 5.77. The van der Waals surface area contributed by atoms with E-state index in [2.05, 4.69) is 6.58 Å². The van der Waals surface area contributed by atoms with Gasteiger partial charge in [0, 0.05) is 24.2 Å². The van der Waals surface area contributed by atoms with Crippen molar-refractivity contribution in [2.75, 3.05) is 20.2 Å². The first-order chi connectivity index (χ1) is 8.17. The summed E-state index contributed by atoms with van der Waals surface area (Å²) in [5.74, 6) is 0.710. The van der Waals surface area contributed by atoms with E-state index in [9.17, 15) is 4.79 Å². The second-order valence-electron chi connectivity index (χ2n) is 3.64. The second-order valence-corrected chi connectivity index (χ2v) is 3.64. The number of methoxy groups -OCH3 is 1. The Morgan fingerprint density at radius 3 is 2.53 bits per heavy atom. The smallest absolute Gasteiger partial charge is 0.253 e. The Labute approximate surface area is 103 Å². The molecule has 1 aromatic carbocycles. The van der Waals surface area contributed by atoms with E-state index in [-0.39, 0.29) is 5.91 Å². The first-order valence-electron chi connectivity index (χ1n) is 5.77. The predicted molar refractivity (Wildman–Crippen MR) is 70.3 cm³/mol. The van der Waals surface area contributed by atoms with Crippen molar-refractivity contribution in [2.45, 2.75) is 13.8 Å². The number of benzene rings is 1. The molecule has 1 amide bonds. The van der Waals surface area contributed by atoms with Crippen LogP contribution in [0.2, 0.25) is 0 Å². The summed E-state index contributed by atoms with van der Waals surface area (Å²) in [6.45, 7) is 9.06. The summed E-state index contributed by atoms with van der Waals surface area (Å²) >= 11 is 0. The van der Waals surface area contributed by atoms with Crippen LogP contribution in [0, 0.1) is 0 Å². The highest BCUT2D eigenvalue weighted by Crippen LogP contribution is 2.21. The third-order valence-corrected chi connectivity index (χ3v) is 2.75. The standard InChI is InChI=1S/C14H19NO2/c1-5-11-8-9-12(10-13(11)17-4)14(16)15(6-2)7-3/h5,8-10H,1,6-7H2,2-4H3. The van der Waals surface area contributed by atoms with E-state index in [1.165, 1.54) is 0 Å². The molecule has 0 aromatic heterocycles. The molecule has 0 bridgehead atoms. The van der Waals surface area contributed by atoms with Crippen molar-refractivity contribution < 1.29 is 9.53 Å². The van der Waals surface area contributed by atoms with Crippen molar-refractivity contribution in [2.24, 2.45) is 0 Å². The first kappa shape index (κ1) is 13.3. The molecule has 3 heteroatoms. The van der Waals surface area contributed by atoms with E-state index in [1.807, 2.05) is 19.9 Å². The van der Waals surface area contributed by atoms with Gasteiger partial charge in [0.25, 0.3) is 5.91 Å². The topological polar surface area (TPSA) is 29.5 Å². The van der Waals surface area contributed by atoms with Crippen molar-refractivity contribution in [3.8, 4) is 5.75 Å². The maximum Gasteiger partial charge on any atom is 0.253 e. The van der Waals surface area contributed by atoms with Gasteiger partial charge >= 0.3 is 0 Å². The molecule has 0 saturated heterocycles. The second kappa shape index (κ2) is 6.09. The van der Waals surface area contributed by atoms with Crippen LogP contribution in [-0.4, -0.2) is 31.0 Å². The molecule has 3 nitrogen and oxygen atoms in total. The number of hydrogen-bond acceptors (Lipinski definition) is 2. The summed E-state index contributed by atoms with van der Waals surface area (Å²) in [5, 5.41) is 0. The minimum atomic E-state index is 0.0314. The van der Waals surface area contributed by atoms with Crippen LogP contribution in [-0.2, 0) is 0 Å². The highest BCUT2D eigenvalue weighted by molar-refractivity contribution is 5.95. The van der Waals surface area contributed by atoms with Gasteiger partial charge in [-0.1, -0.05) is 18.7 Å². The van der Waals surface area contributed by atoms with E-state index < -0.39 is 0 Å². The van der Waals surface area contributed by atoms with Gasteiger partial charge in [-0.2, -0.15) is 0 Å². The molecule has 0 saturated carbocycles. The minimum Gasteiger partial charge on any atom is -0.496 e. The highest BCUT2D eigenvalue weighted by Gasteiger charge is 2.13. The van der Waals surface area contributed by atoms with Crippen LogP contribution in [0.1, 0.15) is 29.8 Å². The third kappa shape index (κ3) is 2.87. The fourth-order valence-electron chi connectivity index (χ4n) is 1.71. The fourth-order valence-corrected chi connectivity index (χ4v) is 1.71. The van der Waals surface area contributed by atoms with Gasteiger partial charge in [0.05, 0.1) is 7.11 Å². The van der Waals surface area contributed by atoms with E-state index in [1.54, 1.807) is 30.2 Å². The largest absolute Gasteiger partial charge is 0.496 e. The molecular weight excluding hydrogens is 214 g/mol. The Kier molecular flexibility index (Phi) is 4.76. The number of carbonyl (C=O) groups is 1. The van der Waals surface area contributed by atoms with E-state index in [4.69, 9.17) is 4.74 Å². The minimum absolute atomic E-state index is 0.0314. The molecule has 0 spiro atoms. The van der Waals surface area contributed by atoms with Crippen LogP contribution in [0.4, 0.5) is 0 Å². The maximum atomic E-state index is 12.1. The lowest BCUT2D eigenvalue weighted by atomic mass is 10.1. The van der Waals surface area contributed by atoms with Crippen LogP contribution >= 0.6 is 0 Å². The molecule has 0 aliphatic rings. The zero-order chi connectivity index (χ0) is 12.8. The molecule has 17 heavy (non-hydrogen) atoms. The van der Waals surface area contributed by atoms with Crippen molar-refractivity contribution in [1.82, 2.24) is 4.90 Å². The average Bonchev–Trinajstić information content (AvgIpc) is 2.39. The Morgan fingerprint density at radius 2 is 2.06 bits per heavy atom. The molecule has 0 atom stereocenters. The van der Waals surface area contributed by atoms with Crippen molar-refractivity contribution in [3.63, 3.8) is 0 Å². The molecule has 0 unspecified atom stereocenters. The summed E-state index contributed by atoms with van der Waals surface area (Å²) in [7, 11) is 1.59. The van der Waals surface area contributed by atoms with E-state index >= 15 is 0 Å². The van der Waals surface area contributed by atoms with Gasteiger partial charge in [0.2, 0.25) is 0 Å². The van der Waals surface area contributed by atoms with Gasteiger partial charge in [-0.25, -0.2) is 0 Å². The number of amides is 1. The zero-order valence-corrected chi connectivity index (χ0v) is 10.7. The average molecular weight is 233 g/mol. The summed E-state index contributed by atoms with van der Waals surface area (Å²) < 4.78 is 5.23. The Bertz CT molecular complexity index is 409. The summed E-state index contributed by atoms with van der Waals surface area (Å²) in [6.07, 6.45) is 1.71. The molecule has 0 fully saturated rings. The quantitative estimate of drug-likeness (QED) is 0.782. The molecule has 0 aliphatic heterocycles. The SMILES string of the molecule is C=Cc1ccc(C(=O)N(CC)CC)cc1OC. The Morgan fingerprint density at radius 1 is 1.41 bits per heavy atom. The fraction of sp³-hybridized carbons (Fsp3) is 0.357. The van der Waals surface area contributed by atoms with Gasteiger partial charge in [0.15, 0.2) is 0 Å². The van der Waals surface area contributed by atoms with E-state index in [0.717, 1.165) is 5.56 Å². The molecule has 92 valence electrons. The molecule has 0 heterocycles. The number of rotatable bonds is 5. The van der Waals surface area contributed by atoms with E-state index in [0.29, 0.717) is 24.4 Å². The van der Waals surface area contributed by atoms with Crippen LogP contribution in [0.25, 0.3) is 6.08 Å². The number of hydrogen-bond donors (Lipinski definition) is 0. The van der Waals surface area contributed by atoms with Crippen LogP contribution in [0.3, 0.4) is 0 Å². The van der Waals surface area contributed by atoms with Crippen LogP contribution in [0.5, 0.6) is 5.75 Å². The maximum absolute atomic E-state index is 12.1. The molecule has 1 rings (SSSR count). The van der Waals surface area contributed by atoms with Gasteiger partial charge in [-0.15, -0.1) is 0 Å². The summed E-state index contributed by atoms with van der Waals surface area (Å²) in [4.78, 5) is 13.9. The number of nitrogens with zero attached hydrogens (tertiary/aromatic N) is 1. The van der Waals surface area contributed by atoms with Crippen molar-refractivity contribution in [3.05, 3.63) is 35.9 Å². The molecule has 0 radical (unpaired) electrons. The lowest BCUT2D eigenvalue weighted by Crippen LogP contribution is -2.30. The Hall–Kier alpha value is -1.77. The normalized spacial score (nSPS) is 9.82. The summed E-state index contributed by atoms with van der Waals surface area (Å²) in [5.41, 5.74) is 1.54. The van der Waals surface area contributed by atoms with Crippen LogP contribution in [0.15, 0.2) is 24.8 Å². The molecule has 0 N–H and O–H groups in total. The summed E-state index contributed by atoms with van der Waals surface area (Å²) in [6, 6.07) is 5.42. The Balaban J connectivity index is 3.07. The van der Waals surface area contributed by atoms with Crippen molar-refractivity contribution >= 4 is 12.0 Å². The van der Waals surface area contributed by atoms with Gasteiger partial charge < -0.3 is 9.64 Å². The number of ether oxygens (including phenoxy) is 1. The highest BCUT2D eigenvalue weighted by atomic mass is 16.5. The van der Waals surface area contributed by atoms with Crippen LogP contribution < -0.4 is 4.74 Å². The van der Waals surface area contributed by atoms with Gasteiger partial charge in [-0.05, 0) is 26.0 Å². The number of carbonyl (C=O) groups excluding carboxylic acids is 1. The zero-order valence-electron chi connectivity index (χ0n) is 10.7. The predicted octanol–water partition coefficient (Wildman–Crippen LogP) is 2.82. The molecule has 1 aromatic rings. The monoisotopic (exact) mass is 233 g/mol. The van der Waals surface area contributed by atoms with Gasteiger partial charge in [-0.3, -0.25) is 4.79 Å². The third-order valence-electron chi connectivity index (χ3n) is 2.75. The van der Waals surface area contributed by atoms with Crippen molar-refractivity contribution in [1.29, 1.82) is 0 Å². The lowest BCUT2D eigenvalue weighted by molar-refractivity contribution is 0.0772. The molecular formula is C14H19NO2. The molecule has 0 aliphatic carbocycles.